The third kappa shape index (κ3) is 3.88. The first-order valence-corrected chi connectivity index (χ1v) is 6.16. The summed E-state index contributed by atoms with van der Waals surface area (Å²) in [4.78, 5) is 23.5. The molecule has 0 fully saturated rings. The average Bonchev–Trinajstić information content (AvgIpc) is 2.88. The highest BCUT2D eigenvalue weighted by molar-refractivity contribution is 5.96. The van der Waals surface area contributed by atoms with Gasteiger partial charge < -0.3 is 14.6 Å². The van der Waals surface area contributed by atoms with Gasteiger partial charge in [0, 0.05) is 11.8 Å². The van der Waals surface area contributed by atoms with Crippen LogP contribution in [-0.4, -0.2) is 23.1 Å². The lowest BCUT2D eigenvalue weighted by Crippen LogP contribution is -2.29. The zero-order valence-corrected chi connectivity index (χ0v) is 11.4. The summed E-state index contributed by atoms with van der Waals surface area (Å²) in [7, 11) is 0. The van der Waals surface area contributed by atoms with E-state index < -0.39 is 23.8 Å². The zero-order chi connectivity index (χ0) is 15.4. The quantitative estimate of drug-likeness (QED) is 0.874. The molecule has 0 bridgehead atoms. The number of hydrogen-bond donors (Lipinski definition) is 1. The number of amides is 1. The largest absolute Gasteiger partial charge is 0.447 e. The molecule has 0 spiro atoms. The Morgan fingerprint density at radius 3 is 2.57 bits per heavy atom. The molecule has 1 N–H and O–H groups in total. The van der Waals surface area contributed by atoms with Crippen LogP contribution < -0.4 is 5.32 Å². The van der Waals surface area contributed by atoms with Gasteiger partial charge in [0.15, 0.2) is 6.10 Å². The van der Waals surface area contributed by atoms with Crippen molar-refractivity contribution in [1.82, 2.24) is 5.16 Å². The first-order valence-electron chi connectivity index (χ1n) is 6.16. The van der Waals surface area contributed by atoms with Crippen LogP contribution in [-0.2, 0) is 9.53 Å². The van der Waals surface area contributed by atoms with Gasteiger partial charge in [-0.1, -0.05) is 5.16 Å². The number of nitrogens with zero attached hydrogens (tertiary/aromatic N) is 1. The summed E-state index contributed by atoms with van der Waals surface area (Å²) in [5.74, 6) is -1.80. The van der Waals surface area contributed by atoms with Gasteiger partial charge in [0.25, 0.3) is 5.91 Å². The minimum absolute atomic E-state index is 0.0751. The van der Waals surface area contributed by atoms with E-state index in [1.165, 1.54) is 37.3 Å². The smallest absolute Gasteiger partial charge is 0.377 e. The molecule has 0 unspecified atom stereocenters. The van der Waals surface area contributed by atoms with Gasteiger partial charge in [-0.25, -0.2) is 9.18 Å². The topological polar surface area (TPSA) is 81.4 Å². The maximum Gasteiger partial charge on any atom is 0.377 e. The first kappa shape index (κ1) is 14.7. The van der Waals surface area contributed by atoms with Crippen LogP contribution in [0.2, 0.25) is 0 Å². The molecule has 6 nitrogen and oxygen atoms in total. The van der Waals surface area contributed by atoms with Crippen LogP contribution in [0.5, 0.6) is 0 Å². The SMILES string of the molecule is Cc1cc(C(=O)O[C@@H](C)C(=O)Nc2ccc(F)cc2)on1. The molecular formula is C14H13FN2O4. The number of carbonyl (C=O) groups excluding carboxylic acids is 2. The van der Waals surface area contributed by atoms with Crippen LogP contribution in [0.3, 0.4) is 0 Å². The fraction of sp³-hybridized carbons (Fsp3) is 0.214. The number of rotatable bonds is 4. The molecule has 1 aromatic heterocycles. The van der Waals surface area contributed by atoms with Crippen LogP contribution in [0.25, 0.3) is 0 Å². The Hall–Kier alpha value is -2.70. The van der Waals surface area contributed by atoms with Crippen molar-refractivity contribution in [1.29, 1.82) is 0 Å². The molecule has 0 aliphatic heterocycles. The highest BCUT2D eigenvalue weighted by atomic mass is 19.1. The van der Waals surface area contributed by atoms with Crippen LogP contribution in [0, 0.1) is 12.7 Å². The van der Waals surface area contributed by atoms with E-state index in [1.54, 1.807) is 6.92 Å². The molecule has 1 heterocycles. The number of ether oxygens (including phenoxy) is 1. The summed E-state index contributed by atoms with van der Waals surface area (Å²) < 4.78 is 22.4. The summed E-state index contributed by atoms with van der Waals surface area (Å²) in [6.45, 7) is 3.07. The molecule has 0 saturated heterocycles. The molecule has 1 aromatic carbocycles. The number of aryl methyl sites for hydroxylation is 1. The predicted molar refractivity (Wildman–Crippen MR) is 71.1 cm³/mol. The van der Waals surface area contributed by atoms with Gasteiger partial charge in [-0.05, 0) is 38.1 Å². The minimum atomic E-state index is -1.03. The fourth-order valence-corrected chi connectivity index (χ4v) is 1.51. The van der Waals surface area contributed by atoms with Gasteiger partial charge in [-0.2, -0.15) is 0 Å². The number of hydrogen-bond acceptors (Lipinski definition) is 5. The van der Waals surface area contributed by atoms with Crippen molar-refractivity contribution in [3.05, 3.63) is 47.6 Å². The lowest BCUT2D eigenvalue weighted by molar-refractivity contribution is -0.123. The Morgan fingerprint density at radius 2 is 2.00 bits per heavy atom. The Morgan fingerprint density at radius 1 is 1.33 bits per heavy atom. The maximum atomic E-state index is 12.7. The molecule has 0 aliphatic carbocycles. The van der Waals surface area contributed by atoms with Gasteiger partial charge in [-0.3, -0.25) is 4.79 Å². The van der Waals surface area contributed by atoms with Crippen molar-refractivity contribution in [2.24, 2.45) is 0 Å². The third-order valence-corrected chi connectivity index (χ3v) is 2.59. The van der Waals surface area contributed by atoms with E-state index >= 15 is 0 Å². The Bertz CT molecular complexity index is 651. The van der Waals surface area contributed by atoms with E-state index in [1.807, 2.05) is 0 Å². The van der Waals surface area contributed by atoms with E-state index in [0.29, 0.717) is 11.4 Å². The molecule has 21 heavy (non-hydrogen) atoms. The van der Waals surface area contributed by atoms with Gasteiger partial charge in [0.1, 0.15) is 5.82 Å². The second kappa shape index (κ2) is 6.17. The Kier molecular flexibility index (Phi) is 4.32. The Balaban J connectivity index is 1.93. The number of esters is 1. The number of halogens is 1. The summed E-state index contributed by atoms with van der Waals surface area (Å²) in [5, 5.41) is 6.06. The van der Waals surface area contributed by atoms with Crippen molar-refractivity contribution >= 4 is 17.6 Å². The van der Waals surface area contributed by atoms with Crippen LogP contribution in [0.1, 0.15) is 23.2 Å². The molecular weight excluding hydrogens is 279 g/mol. The average molecular weight is 292 g/mol. The molecule has 1 amide bonds. The normalized spacial score (nSPS) is 11.8. The molecule has 7 heteroatoms. The molecule has 1 atom stereocenters. The fourth-order valence-electron chi connectivity index (χ4n) is 1.51. The predicted octanol–water partition coefficient (Wildman–Crippen LogP) is 2.31. The molecule has 2 rings (SSSR count). The summed E-state index contributed by atoms with van der Waals surface area (Å²) in [6, 6.07) is 6.64. The van der Waals surface area contributed by atoms with E-state index in [0.717, 1.165) is 0 Å². The summed E-state index contributed by atoms with van der Waals surface area (Å²) in [6.07, 6.45) is -1.03. The highest BCUT2D eigenvalue weighted by Crippen LogP contribution is 2.11. The van der Waals surface area contributed by atoms with Crippen LogP contribution in [0.15, 0.2) is 34.9 Å². The van der Waals surface area contributed by atoms with E-state index in [-0.39, 0.29) is 5.76 Å². The van der Waals surface area contributed by atoms with Crippen LogP contribution in [0.4, 0.5) is 10.1 Å². The van der Waals surface area contributed by atoms with Gasteiger partial charge >= 0.3 is 5.97 Å². The number of carbonyl (C=O) groups is 2. The first-order chi connectivity index (χ1) is 9.95. The van der Waals surface area contributed by atoms with Crippen molar-refractivity contribution in [3.8, 4) is 0 Å². The molecule has 0 radical (unpaired) electrons. The number of anilines is 1. The maximum absolute atomic E-state index is 12.7. The number of nitrogens with one attached hydrogen (secondary N) is 1. The molecule has 110 valence electrons. The molecule has 0 aliphatic rings. The monoisotopic (exact) mass is 292 g/mol. The second-order valence-corrected chi connectivity index (χ2v) is 4.38. The second-order valence-electron chi connectivity index (χ2n) is 4.38. The lowest BCUT2D eigenvalue weighted by Gasteiger charge is -2.12. The van der Waals surface area contributed by atoms with Crippen molar-refractivity contribution in [3.63, 3.8) is 0 Å². The van der Waals surface area contributed by atoms with Crippen LogP contribution >= 0.6 is 0 Å². The van der Waals surface area contributed by atoms with Crippen molar-refractivity contribution in [2.45, 2.75) is 20.0 Å². The van der Waals surface area contributed by atoms with Gasteiger partial charge in [-0.15, -0.1) is 0 Å². The van der Waals surface area contributed by atoms with Gasteiger partial charge in [0.2, 0.25) is 5.76 Å². The van der Waals surface area contributed by atoms with Crippen molar-refractivity contribution < 1.29 is 23.2 Å². The van der Waals surface area contributed by atoms with E-state index in [2.05, 4.69) is 10.5 Å². The summed E-state index contributed by atoms with van der Waals surface area (Å²) >= 11 is 0. The number of aromatic nitrogens is 1. The standard InChI is InChI=1S/C14H13FN2O4/c1-8-7-12(21-17-8)14(19)20-9(2)13(18)16-11-5-3-10(15)4-6-11/h3-7,9H,1-2H3,(H,16,18)/t9-/m0/s1. The van der Waals surface area contributed by atoms with Gasteiger partial charge in [0.05, 0.1) is 5.69 Å². The highest BCUT2D eigenvalue weighted by Gasteiger charge is 2.21. The third-order valence-electron chi connectivity index (χ3n) is 2.59. The zero-order valence-electron chi connectivity index (χ0n) is 11.4. The molecule has 2 aromatic rings. The molecule has 0 saturated carbocycles. The van der Waals surface area contributed by atoms with Crippen molar-refractivity contribution in [2.75, 3.05) is 5.32 Å². The summed E-state index contributed by atoms with van der Waals surface area (Å²) in [5.41, 5.74) is 0.935. The number of benzene rings is 1. The minimum Gasteiger partial charge on any atom is -0.447 e. The van der Waals surface area contributed by atoms with E-state index in [9.17, 15) is 14.0 Å². The lowest BCUT2D eigenvalue weighted by atomic mass is 10.3. The van der Waals surface area contributed by atoms with E-state index in [4.69, 9.17) is 9.26 Å². The Labute approximate surface area is 119 Å².